The molecule has 1 N–H and O–H groups in total. The number of anilines is 1. The highest BCUT2D eigenvalue weighted by atomic mass is 35.5. The quantitative estimate of drug-likeness (QED) is 0.761. The van der Waals surface area contributed by atoms with Gasteiger partial charge >= 0.3 is 0 Å². The molecule has 0 aliphatic heterocycles. The zero-order valence-electron chi connectivity index (χ0n) is 14.5. The number of carbonyl (C=O) groups excluding carboxylic acids is 1. The summed E-state index contributed by atoms with van der Waals surface area (Å²) in [5.41, 5.74) is 4.32. The largest absolute Gasteiger partial charge is 0.321 e. The number of hydrogen-bond donors (Lipinski definition) is 1. The van der Waals surface area contributed by atoms with E-state index < -0.39 is 0 Å². The van der Waals surface area contributed by atoms with E-state index in [1.807, 2.05) is 36.7 Å². The van der Waals surface area contributed by atoms with Crippen LogP contribution in [0.1, 0.15) is 22.6 Å². The molecule has 0 aliphatic rings. The maximum atomic E-state index is 12.3. The maximum absolute atomic E-state index is 12.3. The van der Waals surface area contributed by atoms with Gasteiger partial charge in [0.25, 0.3) is 0 Å². The number of amides is 1. The molecule has 25 heavy (non-hydrogen) atoms. The molecule has 0 fully saturated rings. The first kappa shape index (κ1) is 17.2. The van der Waals surface area contributed by atoms with Crippen molar-refractivity contribution in [2.75, 3.05) is 5.32 Å². The Kier molecular flexibility index (Phi) is 4.90. The molecule has 2 heterocycles. The highest BCUT2D eigenvalue weighted by Gasteiger charge is 2.15. The Balaban J connectivity index is 1.73. The van der Waals surface area contributed by atoms with Crippen LogP contribution in [-0.4, -0.2) is 25.5 Å². The Labute approximate surface area is 151 Å². The Hall–Kier alpha value is -2.60. The van der Waals surface area contributed by atoms with Crippen molar-refractivity contribution in [1.29, 1.82) is 0 Å². The van der Waals surface area contributed by atoms with E-state index in [1.54, 1.807) is 13.1 Å². The molecule has 0 radical (unpaired) electrons. The van der Waals surface area contributed by atoms with Crippen LogP contribution < -0.4 is 5.32 Å². The number of benzene rings is 1. The lowest BCUT2D eigenvalue weighted by Gasteiger charge is -2.07. The zero-order valence-corrected chi connectivity index (χ0v) is 15.2. The smallest absolute Gasteiger partial charge is 0.246 e. The van der Waals surface area contributed by atoms with E-state index in [4.69, 9.17) is 11.6 Å². The fraction of sp³-hybridized carbons (Fsp3) is 0.278. The van der Waals surface area contributed by atoms with Crippen LogP contribution >= 0.6 is 11.6 Å². The van der Waals surface area contributed by atoms with Gasteiger partial charge in [-0.25, -0.2) is 0 Å². The van der Waals surface area contributed by atoms with Crippen molar-refractivity contribution in [2.24, 2.45) is 0 Å². The van der Waals surface area contributed by atoms with Gasteiger partial charge in [-0.1, -0.05) is 41.9 Å². The summed E-state index contributed by atoms with van der Waals surface area (Å²) >= 11 is 5.98. The molecule has 3 aromatic rings. The van der Waals surface area contributed by atoms with Gasteiger partial charge in [-0.15, -0.1) is 0 Å². The summed E-state index contributed by atoms with van der Waals surface area (Å²) in [6.45, 7) is 6.42. The second kappa shape index (κ2) is 7.11. The minimum Gasteiger partial charge on any atom is -0.321 e. The van der Waals surface area contributed by atoms with Crippen LogP contribution in [0.4, 0.5) is 5.69 Å². The van der Waals surface area contributed by atoms with Crippen molar-refractivity contribution in [3.05, 3.63) is 64.2 Å². The van der Waals surface area contributed by atoms with Crippen LogP contribution in [0.25, 0.3) is 0 Å². The van der Waals surface area contributed by atoms with Gasteiger partial charge in [-0.3, -0.25) is 14.2 Å². The second-order valence-corrected chi connectivity index (χ2v) is 6.40. The molecule has 1 aromatic carbocycles. The lowest BCUT2D eigenvalue weighted by molar-refractivity contribution is -0.116. The summed E-state index contributed by atoms with van der Waals surface area (Å²) in [5.74, 6) is -0.162. The highest BCUT2D eigenvalue weighted by Crippen LogP contribution is 2.20. The highest BCUT2D eigenvalue weighted by molar-refractivity contribution is 6.31. The summed E-state index contributed by atoms with van der Waals surface area (Å²) in [4.78, 5) is 12.3. The van der Waals surface area contributed by atoms with Crippen molar-refractivity contribution in [1.82, 2.24) is 19.6 Å². The fourth-order valence-electron chi connectivity index (χ4n) is 2.69. The van der Waals surface area contributed by atoms with Gasteiger partial charge in [0.2, 0.25) is 5.91 Å². The average molecular weight is 358 g/mol. The summed E-state index contributed by atoms with van der Waals surface area (Å²) in [5, 5.41) is 12.2. The molecule has 130 valence electrons. The van der Waals surface area contributed by atoms with Crippen LogP contribution in [0.3, 0.4) is 0 Å². The van der Waals surface area contributed by atoms with E-state index in [2.05, 4.69) is 27.6 Å². The standard InChI is InChI=1S/C18H20ClN5O/c1-12-16(19)10-23(21-12)11-17(25)20-18-13(2)22-24(14(18)3)9-15-7-5-4-6-8-15/h4-8,10H,9,11H2,1-3H3,(H,20,25). The Morgan fingerprint density at radius 1 is 1.12 bits per heavy atom. The topological polar surface area (TPSA) is 64.7 Å². The SMILES string of the molecule is Cc1nn(CC(=O)Nc2c(C)nn(Cc3ccccc3)c2C)cc1Cl. The molecule has 1 amide bonds. The Bertz CT molecular complexity index is 878. The summed E-state index contributed by atoms with van der Waals surface area (Å²) in [6, 6.07) is 10.1. The first-order valence-electron chi connectivity index (χ1n) is 8.01. The minimum absolute atomic E-state index is 0.107. The van der Waals surface area contributed by atoms with E-state index in [0.29, 0.717) is 17.3 Å². The number of carbonyl (C=O) groups is 1. The number of halogens is 1. The van der Waals surface area contributed by atoms with E-state index in [1.165, 1.54) is 4.68 Å². The van der Waals surface area contributed by atoms with E-state index >= 15 is 0 Å². The predicted octanol–water partition coefficient (Wildman–Crippen LogP) is 3.35. The van der Waals surface area contributed by atoms with Crippen LogP contribution in [0.5, 0.6) is 0 Å². The van der Waals surface area contributed by atoms with Gasteiger partial charge in [-0.05, 0) is 26.3 Å². The van der Waals surface area contributed by atoms with E-state index in [9.17, 15) is 4.79 Å². The molecule has 6 nitrogen and oxygen atoms in total. The molecule has 0 bridgehead atoms. The van der Waals surface area contributed by atoms with Crippen LogP contribution in [-0.2, 0) is 17.9 Å². The van der Waals surface area contributed by atoms with Crippen LogP contribution in [0.2, 0.25) is 5.02 Å². The average Bonchev–Trinajstić information content (AvgIpc) is 3.01. The van der Waals surface area contributed by atoms with Crippen LogP contribution in [0, 0.1) is 20.8 Å². The molecular formula is C18H20ClN5O. The molecule has 7 heteroatoms. The number of aromatic nitrogens is 4. The number of nitrogens with zero attached hydrogens (tertiary/aromatic N) is 4. The number of aryl methyl sites for hydroxylation is 2. The first-order chi connectivity index (χ1) is 11.9. The van der Waals surface area contributed by atoms with Gasteiger partial charge in [-0.2, -0.15) is 10.2 Å². The molecule has 0 saturated carbocycles. The first-order valence-corrected chi connectivity index (χ1v) is 8.39. The zero-order chi connectivity index (χ0) is 18.0. The normalized spacial score (nSPS) is 10.9. The monoisotopic (exact) mass is 357 g/mol. The third kappa shape index (κ3) is 3.91. The fourth-order valence-corrected chi connectivity index (χ4v) is 2.84. The van der Waals surface area contributed by atoms with E-state index in [0.717, 1.165) is 22.6 Å². The van der Waals surface area contributed by atoms with E-state index in [-0.39, 0.29) is 12.5 Å². The lowest BCUT2D eigenvalue weighted by Crippen LogP contribution is -2.20. The molecule has 3 rings (SSSR count). The molecular weight excluding hydrogens is 338 g/mol. The van der Waals surface area contributed by atoms with Crippen molar-refractivity contribution >= 4 is 23.2 Å². The summed E-state index contributed by atoms with van der Waals surface area (Å²) < 4.78 is 3.43. The third-order valence-corrected chi connectivity index (χ3v) is 4.38. The van der Waals surface area contributed by atoms with Crippen molar-refractivity contribution in [2.45, 2.75) is 33.9 Å². The summed E-state index contributed by atoms with van der Waals surface area (Å²) in [6.07, 6.45) is 1.65. The summed E-state index contributed by atoms with van der Waals surface area (Å²) in [7, 11) is 0. The molecule has 0 spiro atoms. The van der Waals surface area contributed by atoms with Crippen molar-refractivity contribution < 1.29 is 4.79 Å². The Morgan fingerprint density at radius 3 is 2.48 bits per heavy atom. The molecule has 0 unspecified atom stereocenters. The number of nitrogens with one attached hydrogen (secondary N) is 1. The van der Waals surface area contributed by atoms with Gasteiger partial charge in [0.15, 0.2) is 0 Å². The number of hydrogen-bond acceptors (Lipinski definition) is 3. The van der Waals surface area contributed by atoms with Crippen LogP contribution in [0.15, 0.2) is 36.5 Å². The van der Waals surface area contributed by atoms with Crippen molar-refractivity contribution in [3.8, 4) is 0 Å². The van der Waals surface area contributed by atoms with Crippen molar-refractivity contribution in [3.63, 3.8) is 0 Å². The lowest BCUT2D eigenvalue weighted by atomic mass is 10.2. The predicted molar refractivity (Wildman–Crippen MR) is 97.8 cm³/mol. The molecule has 0 saturated heterocycles. The Morgan fingerprint density at radius 2 is 1.84 bits per heavy atom. The molecule has 0 atom stereocenters. The van der Waals surface area contributed by atoms with Gasteiger partial charge in [0.1, 0.15) is 6.54 Å². The van der Waals surface area contributed by atoms with Gasteiger partial charge < -0.3 is 5.32 Å². The molecule has 2 aromatic heterocycles. The second-order valence-electron chi connectivity index (χ2n) is 6.00. The molecule has 0 aliphatic carbocycles. The third-order valence-electron chi connectivity index (χ3n) is 4.01. The van der Waals surface area contributed by atoms with Gasteiger partial charge in [0.05, 0.1) is 34.3 Å². The maximum Gasteiger partial charge on any atom is 0.246 e. The minimum atomic E-state index is -0.162. The number of rotatable bonds is 5. The van der Waals surface area contributed by atoms with Gasteiger partial charge in [0, 0.05) is 6.20 Å².